The summed E-state index contributed by atoms with van der Waals surface area (Å²) in [7, 11) is 0. The normalized spacial score (nSPS) is 19.1. The fourth-order valence-electron chi connectivity index (χ4n) is 5.58. The third kappa shape index (κ3) is 3.26. The van der Waals surface area contributed by atoms with Gasteiger partial charge in [-0.3, -0.25) is 19.4 Å². The van der Waals surface area contributed by atoms with Crippen molar-refractivity contribution in [1.82, 2.24) is 14.9 Å². The quantitative estimate of drug-likeness (QED) is 0.279. The minimum atomic E-state index is -0.634. The number of β-lactam (4-membered cyclic amide) rings is 1. The predicted octanol–water partition coefficient (Wildman–Crippen LogP) is 4.14. The number of likely N-dealkylation sites (tertiary alicyclic amines) is 1. The number of H-pyrrole nitrogens is 1. The second-order valence-corrected chi connectivity index (χ2v) is 9.19. The fraction of sp³-hybridized carbons (Fsp3) is 0.214. The van der Waals surface area contributed by atoms with Crippen molar-refractivity contribution in [3.05, 3.63) is 96.4 Å². The number of carbonyl (C=O) groups is 3. The Morgan fingerprint density at radius 3 is 2.37 bits per heavy atom. The van der Waals surface area contributed by atoms with Crippen LogP contribution in [0.25, 0.3) is 10.9 Å². The van der Waals surface area contributed by atoms with E-state index in [1.807, 2.05) is 77.7 Å². The van der Waals surface area contributed by atoms with Crippen molar-refractivity contribution in [2.24, 2.45) is 5.41 Å². The molecule has 1 spiro atoms. The maximum Gasteiger partial charge on any atom is 0.295 e. The number of hydrogen-bond acceptors (Lipinski definition) is 4. The fourth-order valence-corrected chi connectivity index (χ4v) is 5.58. The molecule has 0 bridgehead atoms. The number of Topliss-reactive ketones (excluding diaryl/α,β-unsaturated/α-hetero) is 1. The number of pyridine rings is 1. The van der Waals surface area contributed by atoms with E-state index in [0.717, 1.165) is 22.3 Å². The summed E-state index contributed by atoms with van der Waals surface area (Å²) in [6, 6.07) is 22.6. The molecule has 6 rings (SSSR count). The van der Waals surface area contributed by atoms with Gasteiger partial charge in [-0.15, -0.1) is 0 Å². The summed E-state index contributed by atoms with van der Waals surface area (Å²) < 4.78 is 0. The molecular weight excluding hydrogens is 440 g/mol. The third-order valence-electron chi connectivity index (χ3n) is 7.40. The Morgan fingerprint density at radius 1 is 0.914 bits per heavy atom. The zero-order valence-electron chi connectivity index (χ0n) is 19.1. The van der Waals surface area contributed by atoms with Crippen molar-refractivity contribution in [2.75, 3.05) is 18.0 Å². The van der Waals surface area contributed by atoms with Crippen molar-refractivity contribution >= 4 is 34.2 Å². The van der Waals surface area contributed by atoms with E-state index >= 15 is 0 Å². The van der Waals surface area contributed by atoms with Gasteiger partial charge < -0.3 is 14.8 Å². The van der Waals surface area contributed by atoms with Gasteiger partial charge in [0.2, 0.25) is 5.91 Å². The lowest BCUT2D eigenvalue weighted by atomic mass is 9.63. The number of carbonyl (C=O) groups excluding carboxylic acids is 3. The smallest absolute Gasteiger partial charge is 0.295 e. The molecule has 2 aromatic carbocycles. The largest absolute Gasteiger partial charge is 0.360 e. The maximum atomic E-state index is 13.6. The monoisotopic (exact) mass is 464 g/mol. The SMILES string of the molecule is O=C(C(=O)N1CCC2(CC1)C(=O)N(c1ccccc1)C2c1ccccn1)c1c[nH]c2ccccc12. The second kappa shape index (κ2) is 8.20. The molecule has 2 saturated heterocycles. The number of fused-ring (bicyclic) bond motifs is 1. The summed E-state index contributed by atoms with van der Waals surface area (Å²) in [4.78, 5) is 50.8. The lowest BCUT2D eigenvalue weighted by molar-refractivity contribution is -0.148. The number of para-hydroxylation sites is 2. The molecule has 35 heavy (non-hydrogen) atoms. The molecule has 1 unspecified atom stereocenters. The Kier molecular flexibility index (Phi) is 4.99. The van der Waals surface area contributed by atoms with Crippen LogP contribution in [0, 0.1) is 5.41 Å². The number of piperidine rings is 1. The van der Waals surface area contributed by atoms with Crippen molar-refractivity contribution < 1.29 is 14.4 Å². The van der Waals surface area contributed by atoms with E-state index in [2.05, 4.69) is 9.97 Å². The highest BCUT2D eigenvalue weighted by atomic mass is 16.2. The first kappa shape index (κ1) is 21.3. The first-order valence-electron chi connectivity index (χ1n) is 11.8. The second-order valence-electron chi connectivity index (χ2n) is 9.19. The molecule has 2 aliphatic rings. The van der Waals surface area contributed by atoms with Crippen LogP contribution < -0.4 is 4.90 Å². The lowest BCUT2D eigenvalue weighted by Crippen LogP contribution is -2.67. The molecule has 2 aromatic heterocycles. The molecule has 2 fully saturated rings. The number of nitrogens with one attached hydrogen (secondary N) is 1. The standard InChI is InChI=1S/C28H24N4O3/c33-24(21-18-30-22-11-5-4-10-20(21)22)26(34)31-16-13-28(14-17-31)25(23-12-6-7-15-29-23)32(27(28)35)19-8-2-1-3-9-19/h1-12,15,18,25,30H,13-14,16-17H2. The number of aromatic nitrogens is 2. The van der Waals surface area contributed by atoms with Crippen molar-refractivity contribution in [3.8, 4) is 0 Å². The van der Waals surface area contributed by atoms with Gasteiger partial charge in [0.25, 0.3) is 11.7 Å². The summed E-state index contributed by atoms with van der Waals surface area (Å²) in [5.74, 6) is -0.995. The highest BCUT2D eigenvalue weighted by Gasteiger charge is 2.62. The molecule has 0 radical (unpaired) electrons. The van der Waals surface area contributed by atoms with Gasteiger partial charge in [-0.2, -0.15) is 0 Å². The summed E-state index contributed by atoms with van der Waals surface area (Å²) in [5.41, 5.74) is 2.25. The number of anilines is 1. The molecule has 7 nitrogen and oxygen atoms in total. The molecule has 1 N–H and O–H groups in total. The molecule has 1 atom stereocenters. The van der Waals surface area contributed by atoms with Gasteiger partial charge in [0, 0.05) is 42.1 Å². The first-order chi connectivity index (χ1) is 17.1. The van der Waals surface area contributed by atoms with Crippen molar-refractivity contribution in [3.63, 3.8) is 0 Å². The Labute approximate surface area is 202 Å². The molecule has 0 aliphatic carbocycles. The average Bonchev–Trinajstić information content (AvgIpc) is 3.36. The van der Waals surface area contributed by atoms with Gasteiger partial charge in [-0.1, -0.05) is 42.5 Å². The van der Waals surface area contributed by atoms with Gasteiger partial charge in [-0.25, -0.2) is 0 Å². The summed E-state index contributed by atoms with van der Waals surface area (Å²) >= 11 is 0. The molecule has 7 heteroatoms. The number of hydrogen-bond donors (Lipinski definition) is 1. The van der Waals surface area contributed by atoms with Crippen LogP contribution >= 0.6 is 0 Å². The lowest BCUT2D eigenvalue weighted by Gasteiger charge is -2.58. The predicted molar refractivity (Wildman–Crippen MR) is 132 cm³/mol. The van der Waals surface area contributed by atoms with Gasteiger partial charge in [-0.05, 0) is 43.2 Å². The van der Waals surface area contributed by atoms with Crippen molar-refractivity contribution in [1.29, 1.82) is 0 Å². The number of ketones is 1. The average molecular weight is 465 g/mol. The molecular formula is C28H24N4O3. The Balaban J connectivity index is 1.24. The van der Waals surface area contributed by atoms with Crippen molar-refractivity contribution in [2.45, 2.75) is 18.9 Å². The topological polar surface area (TPSA) is 86.4 Å². The number of amides is 2. The number of nitrogens with zero attached hydrogens (tertiary/aromatic N) is 3. The van der Waals surface area contributed by atoms with Gasteiger partial charge in [0.15, 0.2) is 0 Å². The third-order valence-corrected chi connectivity index (χ3v) is 7.40. The zero-order valence-corrected chi connectivity index (χ0v) is 19.1. The van der Waals surface area contributed by atoms with E-state index in [1.165, 1.54) is 0 Å². The molecule has 2 aliphatic heterocycles. The van der Waals surface area contributed by atoms with Gasteiger partial charge in [0.1, 0.15) is 0 Å². The summed E-state index contributed by atoms with van der Waals surface area (Å²) in [5, 5.41) is 0.738. The van der Waals surface area contributed by atoms with Crippen LogP contribution in [0.15, 0.2) is 85.2 Å². The Morgan fingerprint density at radius 2 is 1.63 bits per heavy atom. The number of aromatic amines is 1. The Bertz CT molecular complexity index is 1420. The van der Waals surface area contributed by atoms with E-state index in [4.69, 9.17) is 0 Å². The van der Waals surface area contributed by atoms with Crippen LogP contribution in [0.5, 0.6) is 0 Å². The molecule has 0 saturated carbocycles. The van der Waals surface area contributed by atoms with Crippen LogP contribution in [0.3, 0.4) is 0 Å². The Hall–Kier alpha value is -4.26. The minimum Gasteiger partial charge on any atom is -0.360 e. The molecule has 2 amide bonds. The zero-order chi connectivity index (χ0) is 24.0. The summed E-state index contributed by atoms with van der Waals surface area (Å²) in [6.45, 7) is 0.704. The van der Waals surface area contributed by atoms with Crippen LogP contribution in [0.4, 0.5) is 5.69 Å². The van der Waals surface area contributed by atoms with Crippen LogP contribution in [-0.4, -0.2) is 45.6 Å². The minimum absolute atomic E-state index is 0.0504. The van der Waals surface area contributed by atoms with Crippen LogP contribution in [0.2, 0.25) is 0 Å². The van der Waals surface area contributed by atoms with Crippen LogP contribution in [0.1, 0.15) is 34.9 Å². The van der Waals surface area contributed by atoms with Gasteiger partial charge >= 0.3 is 0 Å². The van der Waals surface area contributed by atoms with E-state index in [-0.39, 0.29) is 11.9 Å². The molecule has 174 valence electrons. The number of benzene rings is 2. The molecule has 4 heterocycles. The van der Waals surface area contributed by atoms with Gasteiger partial charge in [0.05, 0.1) is 22.7 Å². The highest BCUT2D eigenvalue weighted by Crippen LogP contribution is 2.57. The van der Waals surface area contributed by atoms with E-state index < -0.39 is 17.1 Å². The first-order valence-corrected chi connectivity index (χ1v) is 11.8. The highest BCUT2D eigenvalue weighted by molar-refractivity contribution is 6.44. The van der Waals surface area contributed by atoms with Crippen LogP contribution in [-0.2, 0) is 9.59 Å². The van der Waals surface area contributed by atoms with E-state index in [0.29, 0.717) is 31.5 Å². The number of rotatable bonds is 4. The van der Waals surface area contributed by atoms with E-state index in [1.54, 1.807) is 17.3 Å². The summed E-state index contributed by atoms with van der Waals surface area (Å²) in [6.07, 6.45) is 4.32. The molecule has 4 aromatic rings. The van der Waals surface area contributed by atoms with E-state index in [9.17, 15) is 14.4 Å². The maximum absolute atomic E-state index is 13.6.